The molecule has 78 valence electrons. The molecule has 0 radical (unpaired) electrons. The number of thioether (sulfide) groups is 1. The number of hydrogen-bond acceptors (Lipinski definition) is 5. The second kappa shape index (κ2) is 4.44. The van der Waals surface area contributed by atoms with Crippen LogP contribution in [0.5, 0.6) is 0 Å². The van der Waals surface area contributed by atoms with Gasteiger partial charge >= 0.3 is 0 Å². The zero-order valence-corrected chi connectivity index (χ0v) is 9.41. The van der Waals surface area contributed by atoms with Crippen LogP contribution in [0.2, 0.25) is 0 Å². The van der Waals surface area contributed by atoms with Crippen molar-refractivity contribution in [2.24, 2.45) is 0 Å². The molecule has 2 rings (SSSR count). The lowest BCUT2D eigenvalue weighted by molar-refractivity contribution is 0.422. The molecule has 15 heavy (non-hydrogen) atoms. The fraction of sp³-hybridized carbons (Fsp3) is 0.300. The van der Waals surface area contributed by atoms with E-state index >= 15 is 0 Å². The van der Waals surface area contributed by atoms with E-state index in [1.165, 1.54) is 0 Å². The van der Waals surface area contributed by atoms with Crippen LogP contribution in [0.15, 0.2) is 27.9 Å². The average molecular weight is 221 g/mol. The average Bonchev–Trinajstić information content (AvgIpc) is 2.77. The van der Waals surface area contributed by atoms with Gasteiger partial charge in [-0.25, -0.2) is 4.98 Å². The van der Waals surface area contributed by atoms with Crippen molar-refractivity contribution < 1.29 is 4.52 Å². The minimum atomic E-state index is 0.546. The molecular formula is C10H11N3OS. The summed E-state index contributed by atoms with van der Waals surface area (Å²) in [7, 11) is 0. The Morgan fingerprint density at radius 3 is 3.00 bits per heavy atom. The van der Waals surface area contributed by atoms with E-state index in [1.54, 1.807) is 18.0 Å². The van der Waals surface area contributed by atoms with Gasteiger partial charge in [0.1, 0.15) is 5.03 Å². The molecule has 0 aromatic carbocycles. The minimum Gasteiger partial charge on any atom is -0.334 e. The summed E-state index contributed by atoms with van der Waals surface area (Å²) in [6, 6.07) is 3.80. The molecule has 0 N–H and O–H groups in total. The molecule has 2 aromatic heterocycles. The maximum Gasteiger partial charge on any atom is 0.260 e. The Kier molecular flexibility index (Phi) is 3.01. The molecule has 0 unspecified atom stereocenters. The number of pyridine rings is 1. The third kappa shape index (κ3) is 2.02. The number of rotatable bonds is 3. The molecule has 2 aromatic rings. The summed E-state index contributed by atoms with van der Waals surface area (Å²) in [5.41, 5.74) is 0.900. The monoisotopic (exact) mass is 221 g/mol. The molecule has 4 nitrogen and oxygen atoms in total. The number of hydrogen-bond donors (Lipinski definition) is 0. The van der Waals surface area contributed by atoms with Gasteiger partial charge in [-0.05, 0) is 18.4 Å². The van der Waals surface area contributed by atoms with Crippen LogP contribution in [0.1, 0.15) is 12.7 Å². The summed E-state index contributed by atoms with van der Waals surface area (Å²) in [6.45, 7) is 1.99. The predicted molar refractivity (Wildman–Crippen MR) is 58.7 cm³/mol. The second-order valence-electron chi connectivity index (χ2n) is 2.93. The molecule has 0 bridgehead atoms. The van der Waals surface area contributed by atoms with Gasteiger partial charge in [-0.3, -0.25) is 0 Å². The molecule has 0 spiro atoms. The van der Waals surface area contributed by atoms with E-state index in [4.69, 9.17) is 4.52 Å². The van der Waals surface area contributed by atoms with Gasteiger partial charge in [0, 0.05) is 12.6 Å². The van der Waals surface area contributed by atoms with Gasteiger partial charge in [0.15, 0.2) is 5.82 Å². The number of nitrogens with zero attached hydrogens (tertiary/aromatic N) is 3. The van der Waals surface area contributed by atoms with Gasteiger partial charge in [-0.15, -0.1) is 11.8 Å². The van der Waals surface area contributed by atoms with Crippen molar-refractivity contribution in [2.75, 3.05) is 6.26 Å². The summed E-state index contributed by atoms with van der Waals surface area (Å²) < 4.78 is 5.17. The first-order valence-corrected chi connectivity index (χ1v) is 5.89. The molecule has 0 fully saturated rings. The number of aryl methyl sites for hydroxylation is 1. The van der Waals surface area contributed by atoms with E-state index in [0.717, 1.165) is 22.8 Å². The Balaban J connectivity index is 2.44. The van der Waals surface area contributed by atoms with Gasteiger partial charge in [-0.1, -0.05) is 12.1 Å². The van der Waals surface area contributed by atoms with E-state index in [0.29, 0.717) is 5.89 Å². The highest BCUT2D eigenvalue weighted by atomic mass is 32.2. The fourth-order valence-electron chi connectivity index (χ4n) is 1.22. The molecule has 2 heterocycles. The summed E-state index contributed by atoms with van der Waals surface area (Å²) in [4.78, 5) is 8.52. The molecule has 0 aliphatic heterocycles. The summed E-state index contributed by atoms with van der Waals surface area (Å²) in [5, 5.41) is 4.77. The molecule has 0 saturated heterocycles. The van der Waals surface area contributed by atoms with Crippen molar-refractivity contribution >= 4 is 11.8 Å². The largest absolute Gasteiger partial charge is 0.334 e. The predicted octanol–water partition coefficient (Wildman–Crippen LogP) is 2.42. The first kappa shape index (κ1) is 10.2. The van der Waals surface area contributed by atoms with Crippen LogP contribution < -0.4 is 0 Å². The zero-order valence-electron chi connectivity index (χ0n) is 8.60. The lowest BCUT2D eigenvalue weighted by Gasteiger charge is -1.99. The van der Waals surface area contributed by atoms with Crippen molar-refractivity contribution in [1.29, 1.82) is 0 Å². The highest BCUT2D eigenvalue weighted by Crippen LogP contribution is 2.26. The van der Waals surface area contributed by atoms with Crippen molar-refractivity contribution in [3.8, 4) is 11.5 Å². The van der Waals surface area contributed by atoms with Gasteiger partial charge < -0.3 is 4.52 Å². The molecule has 0 aliphatic rings. The summed E-state index contributed by atoms with van der Waals surface area (Å²) in [5.74, 6) is 1.27. The Hall–Kier alpha value is -1.36. The van der Waals surface area contributed by atoms with Gasteiger partial charge in [-0.2, -0.15) is 4.98 Å². The van der Waals surface area contributed by atoms with Gasteiger partial charge in [0.2, 0.25) is 0 Å². The Bertz CT molecular complexity index is 455. The van der Waals surface area contributed by atoms with E-state index in [1.807, 2.05) is 25.3 Å². The maximum absolute atomic E-state index is 5.17. The summed E-state index contributed by atoms with van der Waals surface area (Å²) in [6.07, 6.45) is 4.51. The van der Waals surface area contributed by atoms with Crippen LogP contribution in [0.3, 0.4) is 0 Å². The minimum absolute atomic E-state index is 0.546. The first-order chi connectivity index (χ1) is 7.35. The SMILES string of the molecule is CCc1noc(-c2cccnc2SC)n1. The molecule has 5 heteroatoms. The molecule has 0 atom stereocenters. The van der Waals surface area contributed by atoms with Crippen LogP contribution in [0, 0.1) is 0 Å². The van der Waals surface area contributed by atoms with Gasteiger partial charge in [0.05, 0.1) is 5.56 Å². The van der Waals surface area contributed by atoms with Crippen LogP contribution in [0.4, 0.5) is 0 Å². The van der Waals surface area contributed by atoms with Crippen LogP contribution in [-0.4, -0.2) is 21.4 Å². The van der Waals surface area contributed by atoms with E-state index in [-0.39, 0.29) is 0 Å². The van der Waals surface area contributed by atoms with Gasteiger partial charge in [0.25, 0.3) is 5.89 Å². The Labute approximate surface area is 92.1 Å². The van der Waals surface area contributed by atoms with Crippen molar-refractivity contribution in [3.63, 3.8) is 0 Å². The van der Waals surface area contributed by atoms with Crippen LogP contribution in [-0.2, 0) is 6.42 Å². The second-order valence-corrected chi connectivity index (χ2v) is 3.72. The van der Waals surface area contributed by atoms with Crippen molar-refractivity contribution in [1.82, 2.24) is 15.1 Å². The zero-order chi connectivity index (χ0) is 10.7. The lowest BCUT2D eigenvalue weighted by Crippen LogP contribution is -1.86. The smallest absolute Gasteiger partial charge is 0.260 e. The molecule has 0 amide bonds. The van der Waals surface area contributed by atoms with E-state index in [9.17, 15) is 0 Å². The topological polar surface area (TPSA) is 51.8 Å². The van der Waals surface area contributed by atoms with Crippen molar-refractivity contribution in [2.45, 2.75) is 18.4 Å². The maximum atomic E-state index is 5.17. The lowest BCUT2D eigenvalue weighted by atomic mass is 10.3. The first-order valence-electron chi connectivity index (χ1n) is 4.67. The third-order valence-electron chi connectivity index (χ3n) is 1.98. The summed E-state index contributed by atoms with van der Waals surface area (Å²) >= 11 is 1.57. The van der Waals surface area contributed by atoms with Crippen LogP contribution >= 0.6 is 11.8 Å². The number of aromatic nitrogens is 3. The van der Waals surface area contributed by atoms with E-state index < -0.39 is 0 Å². The van der Waals surface area contributed by atoms with Crippen molar-refractivity contribution in [3.05, 3.63) is 24.2 Å². The Morgan fingerprint density at radius 1 is 1.47 bits per heavy atom. The normalized spacial score (nSPS) is 10.5. The molecular weight excluding hydrogens is 210 g/mol. The standard InChI is InChI=1S/C10H11N3OS/c1-3-8-12-9(14-13-8)7-5-4-6-11-10(7)15-2/h4-6H,3H2,1-2H3. The van der Waals surface area contributed by atoms with Crippen LogP contribution in [0.25, 0.3) is 11.5 Å². The highest BCUT2D eigenvalue weighted by molar-refractivity contribution is 7.98. The highest BCUT2D eigenvalue weighted by Gasteiger charge is 2.11. The molecule has 0 aliphatic carbocycles. The molecule has 0 saturated carbocycles. The Morgan fingerprint density at radius 2 is 2.33 bits per heavy atom. The fourth-order valence-corrected chi connectivity index (χ4v) is 1.76. The van der Waals surface area contributed by atoms with E-state index in [2.05, 4.69) is 15.1 Å². The quantitative estimate of drug-likeness (QED) is 0.745. The third-order valence-corrected chi connectivity index (χ3v) is 2.69.